The molecule has 0 bridgehead atoms. The van der Waals surface area contributed by atoms with E-state index in [1.807, 2.05) is 30.3 Å². The molecule has 2 atom stereocenters. The van der Waals surface area contributed by atoms with E-state index in [-0.39, 0.29) is 6.42 Å². The quantitative estimate of drug-likeness (QED) is 0.454. The molecule has 0 saturated heterocycles. The number of nitrogens with two attached hydrogens (primary N) is 2. The molecule has 0 unspecified atom stereocenters. The molecular formula is C12H16N2O4. The van der Waals surface area contributed by atoms with Gasteiger partial charge in [0.15, 0.2) is 0 Å². The van der Waals surface area contributed by atoms with E-state index < -0.39 is 30.6 Å². The summed E-state index contributed by atoms with van der Waals surface area (Å²) in [6, 6.07) is 6.94. The molecule has 0 heterocycles. The lowest BCUT2D eigenvalue weighted by molar-refractivity contribution is -0.162. The second-order valence-corrected chi connectivity index (χ2v) is 3.83. The number of hydrogen-bond donors (Lipinski definition) is 3. The molecule has 0 amide bonds. The number of carbonyl (C=O) groups excluding carboxylic acids is 2. The number of aliphatic hydroxyl groups is 1. The maximum atomic E-state index is 11.5. The van der Waals surface area contributed by atoms with E-state index in [4.69, 9.17) is 16.6 Å². The van der Waals surface area contributed by atoms with Crippen LogP contribution >= 0.6 is 0 Å². The Morgan fingerprint density at radius 2 is 1.67 bits per heavy atom. The van der Waals surface area contributed by atoms with Crippen LogP contribution in [0.3, 0.4) is 0 Å². The first-order valence-electron chi connectivity index (χ1n) is 5.46. The minimum absolute atomic E-state index is 0.265. The molecule has 0 aliphatic rings. The minimum Gasteiger partial charge on any atom is -0.394 e. The highest BCUT2D eigenvalue weighted by Gasteiger charge is 2.22. The molecule has 0 aliphatic heterocycles. The van der Waals surface area contributed by atoms with Gasteiger partial charge >= 0.3 is 11.9 Å². The summed E-state index contributed by atoms with van der Waals surface area (Å²) in [5.74, 6) is -1.83. The Morgan fingerprint density at radius 3 is 2.22 bits per heavy atom. The molecule has 0 fully saturated rings. The molecule has 1 rings (SSSR count). The number of ether oxygens (including phenoxy) is 1. The SMILES string of the molecule is N[C@@H](CO)C(=O)OC(=O)[C@@H](N)Cc1ccccc1. The van der Waals surface area contributed by atoms with E-state index in [0.717, 1.165) is 5.56 Å². The zero-order valence-electron chi connectivity index (χ0n) is 9.78. The predicted molar refractivity (Wildman–Crippen MR) is 64.3 cm³/mol. The molecule has 1 aromatic carbocycles. The van der Waals surface area contributed by atoms with Crippen molar-refractivity contribution in [3.8, 4) is 0 Å². The molecule has 5 N–H and O–H groups in total. The monoisotopic (exact) mass is 252 g/mol. The lowest BCUT2D eigenvalue weighted by Gasteiger charge is -2.12. The van der Waals surface area contributed by atoms with Gasteiger partial charge in [-0.2, -0.15) is 0 Å². The molecule has 0 saturated carbocycles. The minimum atomic E-state index is -1.22. The summed E-state index contributed by atoms with van der Waals surface area (Å²) >= 11 is 0. The van der Waals surface area contributed by atoms with E-state index in [1.54, 1.807) is 0 Å². The summed E-state index contributed by atoms with van der Waals surface area (Å²) in [6.07, 6.45) is 0.265. The summed E-state index contributed by atoms with van der Waals surface area (Å²) in [6.45, 7) is -0.583. The average Bonchev–Trinajstić information content (AvgIpc) is 2.38. The van der Waals surface area contributed by atoms with Crippen molar-refractivity contribution >= 4 is 11.9 Å². The Labute approximate surface area is 105 Å². The molecule has 0 aliphatic carbocycles. The topological polar surface area (TPSA) is 116 Å². The van der Waals surface area contributed by atoms with Gasteiger partial charge in [-0.1, -0.05) is 30.3 Å². The number of hydrogen-bond acceptors (Lipinski definition) is 6. The number of benzene rings is 1. The van der Waals surface area contributed by atoms with Crippen molar-refractivity contribution in [1.29, 1.82) is 0 Å². The van der Waals surface area contributed by atoms with Gasteiger partial charge in [0.05, 0.1) is 6.61 Å². The lowest BCUT2D eigenvalue weighted by atomic mass is 10.1. The fraction of sp³-hybridized carbons (Fsp3) is 0.333. The fourth-order valence-corrected chi connectivity index (χ4v) is 1.28. The molecule has 6 heteroatoms. The van der Waals surface area contributed by atoms with Crippen molar-refractivity contribution in [1.82, 2.24) is 0 Å². The number of carbonyl (C=O) groups is 2. The molecule has 6 nitrogen and oxygen atoms in total. The number of aliphatic hydroxyl groups excluding tert-OH is 1. The predicted octanol–water partition coefficient (Wildman–Crippen LogP) is -1.05. The summed E-state index contributed by atoms with van der Waals surface area (Å²) in [5.41, 5.74) is 11.7. The van der Waals surface area contributed by atoms with Crippen molar-refractivity contribution in [2.45, 2.75) is 18.5 Å². The van der Waals surface area contributed by atoms with Crippen LogP contribution in [-0.2, 0) is 20.7 Å². The van der Waals surface area contributed by atoms with Crippen molar-refractivity contribution in [3.05, 3.63) is 35.9 Å². The highest BCUT2D eigenvalue weighted by molar-refractivity contribution is 5.90. The lowest BCUT2D eigenvalue weighted by Crippen LogP contribution is -2.42. The normalized spacial score (nSPS) is 13.7. The molecule has 0 spiro atoms. The Balaban J connectivity index is 2.50. The Bertz CT molecular complexity index is 408. The number of rotatable bonds is 5. The maximum Gasteiger partial charge on any atom is 0.332 e. The van der Waals surface area contributed by atoms with Crippen LogP contribution in [0.4, 0.5) is 0 Å². The van der Waals surface area contributed by atoms with Crippen LogP contribution in [0.1, 0.15) is 5.56 Å². The van der Waals surface area contributed by atoms with Crippen LogP contribution in [0.2, 0.25) is 0 Å². The third-order valence-corrected chi connectivity index (χ3v) is 2.30. The van der Waals surface area contributed by atoms with Crippen molar-refractivity contribution in [3.63, 3.8) is 0 Å². The Hall–Kier alpha value is -1.76. The first-order valence-corrected chi connectivity index (χ1v) is 5.46. The standard InChI is InChI=1S/C12H16N2O4/c13-9(6-8-4-2-1-3-5-8)11(16)18-12(17)10(14)7-15/h1-5,9-10,15H,6-7,13-14H2/t9-,10-/m0/s1. The third kappa shape index (κ3) is 4.25. The van der Waals surface area contributed by atoms with Crippen molar-refractivity contribution in [2.75, 3.05) is 6.61 Å². The summed E-state index contributed by atoms with van der Waals surface area (Å²) < 4.78 is 4.45. The summed E-state index contributed by atoms with van der Waals surface area (Å²) in [5, 5.41) is 8.62. The summed E-state index contributed by atoms with van der Waals surface area (Å²) in [4.78, 5) is 22.6. The van der Waals surface area contributed by atoms with Crippen LogP contribution < -0.4 is 11.5 Å². The molecule has 0 radical (unpaired) electrons. The average molecular weight is 252 g/mol. The summed E-state index contributed by atoms with van der Waals surface area (Å²) in [7, 11) is 0. The highest BCUT2D eigenvalue weighted by atomic mass is 16.6. The highest BCUT2D eigenvalue weighted by Crippen LogP contribution is 2.03. The zero-order valence-corrected chi connectivity index (χ0v) is 9.78. The molecular weight excluding hydrogens is 236 g/mol. The van der Waals surface area contributed by atoms with Gasteiger partial charge in [-0.05, 0) is 12.0 Å². The zero-order chi connectivity index (χ0) is 13.5. The van der Waals surface area contributed by atoms with E-state index in [1.165, 1.54) is 0 Å². The van der Waals surface area contributed by atoms with Gasteiger partial charge in [-0.25, -0.2) is 9.59 Å². The van der Waals surface area contributed by atoms with Crippen molar-refractivity contribution in [2.24, 2.45) is 11.5 Å². The first kappa shape index (κ1) is 14.3. The molecule has 98 valence electrons. The van der Waals surface area contributed by atoms with Gasteiger partial charge in [-0.15, -0.1) is 0 Å². The van der Waals surface area contributed by atoms with E-state index in [9.17, 15) is 9.59 Å². The van der Waals surface area contributed by atoms with Gasteiger partial charge in [0.25, 0.3) is 0 Å². The Kier molecular flexibility index (Phi) is 5.44. The van der Waals surface area contributed by atoms with Crippen molar-refractivity contribution < 1.29 is 19.4 Å². The molecule has 18 heavy (non-hydrogen) atoms. The van der Waals surface area contributed by atoms with E-state index in [0.29, 0.717) is 0 Å². The second kappa shape index (κ2) is 6.85. The van der Waals surface area contributed by atoms with Gasteiger partial charge in [0, 0.05) is 0 Å². The smallest absolute Gasteiger partial charge is 0.332 e. The van der Waals surface area contributed by atoms with E-state index in [2.05, 4.69) is 4.74 Å². The van der Waals surface area contributed by atoms with Gasteiger partial charge in [0.2, 0.25) is 0 Å². The molecule has 1 aromatic rings. The van der Waals surface area contributed by atoms with Gasteiger partial charge in [0.1, 0.15) is 12.1 Å². The van der Waals surface area contributed by atoms with Crippen LogP contribution in [0.5, 0.6) is 0 Å². The largest absolute Gasteiger partial charge is 0.394 e. The first-order chi connectivity index (χ1) is 8.54. The third-order valence-electron chi connectivity index (χ3n) is 2.30. The maximum absolute atomic E-state index is 11.5. The van der Waals surface area contributed by atoms with Crippen LogP contribution in [-0.4, -0.2) is 35.7 Å². The van der Waals surface area contributed by atoms with E-state index >= 15 is 0 Å². The van der Waals surface area contributed by atoms with Gasteiger partial charge < -0.3 is 21.3 Å². The van der Waals surface area contributed by atoms with Crippen LogP contribution in [0, 0.1) is 0 Å². The van der Waals surface area contributed by atoms with Gasteiger partial charge in [-0.3, -0.25) is 0 Å². The Morgan fingerprint density at radius 1 is 1.11 bits per heavy atom. The van der Waals surface area contributed by atoms with Crippen LogP contribution in [0.15, 0.2) is 30.3 Å². The second-order valence-electron chi connectivity index (χ2n) is 3.83. The number of esters is 2. The molecule has 0 aromatic heterocycles. The van der Waals surface area contributed by atoms with Crippen LogP contribution in [0.25, 0.3) is 0 Å². The fourth-order valence-electron chi connectivity index (χ4n) is 1.28.